The summed E-state index contributed by atoms with van der Waals surface area (Å²) in [5, 5.41) is 5.45. The zero-order chi connectivity index (χ0) is 17.0. The van der Waals surface area contributed by atoms with Crippen LogP contribution in [0.25, 0.3) is 0 Å². The molecular weight excluding hydrogens is 312 g/mol. The summed E-state index contributed by atoms with van der Waals surface area (Å²) in [6.07, 6.45) is 2.00. The van der Waals surface area contributed by atoms with E-state index in [1.54, 1.807) is 6.92 Å². The monoisotopic (exact) mass is 340 g/mol. The van der Waals surface area contributed by atoms with Crippen molar-refractivity contribution in [3.8, 4) is 0 Å². The van der Waals surface area contributed by atoms with Gasteiger partial charge in [0.2, 0.25) is 5.91 Å². The highest BCUT2D eigenvalue weighted by atomic mass is 32.1. The number of hydrogen-bond donors (Lipinski definition) is 2. The Labute approximate surface area is 142 Å². The van der Waals surface area contributed by atoms with Crippen molar-refractivity contribution in [1.29, 1.82) is 0 Å². The number of nitrogens with zero attached hydrogens (tertiary/aromatic N) is 2. The molecule has 0 aromatic carbocycles. The van der Waals surface area contributed by atoms with E-state index >= 15 is 0 Å². The van der Waals surface area contributed by atoms with Crippen LogP contribution in [0.1, 0.15) is 46.2 Å². The first-order valence-corrected chi connectivity index (χ1v) is 9.10. The Kier molecular flexibility index (Phi) is 6.13. The average molecular weight is 340 g/mol. The Morgan fingerprint density at radius 2 is 2.17 bits per heavy atom. The molecule has 0 saturated carbocycles. The highest BCUT2D eigenvalue weighted by molar-refractivity contribution is 7.13. The predicted octanol–water partition coefficient (Wildman–Crippen LogP) is 2.21. The SMILES string of the molecule is CCCC(C)(N)C(=O)Nc1nc(CN2CC(C)OC(C)C2)cs1. The van der Waals surface area contributed by atoms with Crippen LogP contribution in [-0.2, 0) is 16.1 Å². The van der Waals surface area contributed by atoms with Gasteiger partial charge in [-0.05, 0) is 27.2 Å². The summed E-state index contributed by atoms with van der Waals surface area (Å²) in [6.45, 7) is 10.5. The third-order valence-electron chi connectivity index (χ3n) is 3.94. The minimum atomic E-state index is -0.852. The van der Waals surface area contributed by atoms with Crippen molar-refractivity contribution < 1.29 is 9.53 Å². The quantitative estimate of drug-likeness (QED) is 0.830. The van der Waals surface area contributed by atoms with Crippen LogP contribution in [0.15, 0.2) is 5.38 Å². The van der Waals surface area contributed by atoms with Crippen LogP contribution in [0.5, 0.6) is 0 Å². The number of hydrogen-bond acceptors (Lipinski definition) is 6. The van der Waals surface area contributed by atoms with E-state index in [2.05, 4.69) is 29.0 Å². The lowest BCUT2D eigenvalue weighted by atomic mass is 9.97. The summed E-state index contributed by atoms with van der Waals surface area (Å²) in [5.74, 6) is -0.172. The van der Waals surface area contributed by atoms with Gasteiger partial charge in [-0.15, -0.1) is 11.3 Å². The first kappa shape index (κ1) is 18.3. The van der Waals surface area contributed by atoms with Crippen molar-refractivity contribution >= 4 is 22.4 Å². The summed E-state index contributed by atoms with van der Waals surface area (Å²) in [6, 6.07) is 0. The Morgan fingerprint density at radius 3 is 2.78 bits per heavy atom. The molecule has 1 aliphatic heterocycles. The molecule has 3 N–H and O–H groups in total. The highest BCUT2D eigenvalue weighted by Crippen LogP contribution is 2.20. The number of ether oxygens (including phenoxy) is 1. The molecule has 3 atom stereocenters. The van der Waals surface area contributed by atoms with Gasteiger partial charge in [0, 0.05) is 25.0 Å². The fraction of sp³-hybridized carbons (Fsp3) is 0.750. The van der Waals surface area contributed by atoms with Crippen LogP contribution in [0.2, 0.25) is 0 Å². The van der Waals surface area contributed by atoms with E-state index in [0.29, 0.717) is 11.6 Å². The topological polar surface area (TPSA) is 80.5 Å². The van der Waals surface area contributed by atoms with Crippen molar-refractivity contribution in [3.63, 3.8) is 0 Å². The van der Waals surface area contributed by atoms with Crippen molar-refractivity contribution in [2.45, 2.75) is 64.8 Å². The molecule has 2 rings (SSSR count). The lowest BCUT2D eigenvalue weighted by Crippen LogP contribution is -2.48. The zero-order valence-corrected chi connectivity index (χ0v) is 15.3. The smallest absolute Gasteiger partial charge is 0.245 e. The highest BCUT2D eigenvalue weighted by Gasteiger charge is 2.28. The van der Waals surface area contributed by atoms with Gasteiger partial charge in [0.05, 0.1) is 23.4 Å². The molecule has 1 aromatic rings. The number of anilines is 1. The number of nitrogens with two attached hydrogens (primary N) is 1. The third-order valence-corrected chi connectivity index (χ3v) is 4.75. The maximum atomic E-state index is 12.2. The second-order valence-corrected chi connectivity index (χ2v) is 7.58. The van der Waals surface area contributed by atoms with Crippen LogP contribution in [-0.4, -0.2) is 46.6 Å². The lowest BCUT2D eigenvalue weighted by Gasteiger charge is -2.34. The van der Waals surface area contributed by atoms with Crippen molar-refractivity contribution in [3.05, 3.63) is 11.1 Å². The summed E-state index contributed by atoms with van der Waals surface area (Å²) in [7, 11) is 0. The molecule has 7 heteroatoms. The van der Waals surface area contributed by atoms with Gasteiger partial charge in [0.15, 0.2) is 5.13 Å². The number of carbonyl (C=O) groups excluding carboxylic acids is 1. The normalized spacial score (nSPS) is 25.1. The number of aromatic nitrogens is 1. The summed E-state index contributed by atoms with van der Waals surface area (Å²) in [5.41, 5.74) is 6.17. The van der Waals surface area contributed by atoms with Crippen LogP contribution >= 0.6 is 11.3 Å². The van der Waals surface area contributed by atoms with E-state index in [-0.39, 0.29) is 18.1 Å². The van der Waals surface area contributed by atoms with Crippen molar-refractivity contribution in [2.24, 2.45) is 5.73 Å². The molecule has 0 radical (unpaired) electrons. The van der Waals surface area contributed by atoms with Crippen LogP contribution in [0.3, 0.4) is 0 Å². The van der Waals surface area contributed by atoms with E-state index in [1.807, 2.05) is 12.3 Å². The van der Waals surface area contributed by atoms with E-state index in [0.717, 1.165) is 31.7 Å². The van der Waals surface area contributed by atoms with Crippen LogP contribution in [0.4, 0.5) is 5.13 Å². The van der Waals surface area contributed by atoms with Gasteiger partial charge in [0.1, 0.15) is 0 Å². The lowest BCUT2D eigenvalue weighted by molar-refractivity contribution is -0.120. The third kappa shape index (κ3) is 5.24. The van der Waals surface area contributed by atoms with Gasteiger partial charge < -0.3 is 15.8 Å². The van der Waals surface area contributed by atoms with Gasteiger partial charge in [-0.3, -0.25) is 9.69 Å². The van der Waals surface area contributed by atoms with Gasteiger partial charge >= 0.3 is 0 Å². The fourth-order valence-electron chi connectivity index (χ4n) is 2.95. The average Bonchev–Trinajstić information content (AvgIpc) is 2.84. The van der Waals surface area contributed by atoms with Crippen LogP contribution in [0, 0.1) is 0 Å². The second kappa shape index (κ2) is 7.70. The maximum absolute atomic E-state index is 12.2. The van der Waals surface area contributed by atoms with Crippen molar-refractivity contribution in [1.82, 2.24) is 9.88 Å². The molecule has 1 amide bonds. The molecule has 1 fully saturated rings. The number of nitrogens with one attached hydrogen (secondary N) is 1. The largest absolute Gasteiger partial charge is 0.373 e. The summed E-state index contributed by atoms with van der Waals surface area (Å²) >= 11 is 1.45. The minimum Gasteiger partial charge on any atom is -0.373 e. The molecule has 6 nitrogen and oxygen atoms in total. The molecular formula is C16H28N4O2S. The van der Waals surface area contributed by atoms with E-state index < -0.39 is 5.54 Å². The molecule has 0 spiro atoms. The Bertz CT molecular complexity index is 522. The van der Waals surface area contributed by atoms with E-state index in [1.165, 1.54) is 11.3 Å². The molecule has 2 heterocycles. The standard InChI is InChI=1S/C16H28N4O2S/c1-5-6-16(4,17)14(21)19-15-18-13(10-23-15)9-20-7-11(2)22-12(3)8-20/h10-12H,5-9,17H2,1-4H3,(H,18,19,21). The fourth-order valence-corrected chi connectivity index (χ4v) is 3.65. The van der Waals surface area contributed by atoms with Gasteiger partial charge in [0.25, 0.3) is 0 Å². The number of thiazole rings is 1. The van der Waals surface area contributed by atoms with E-state index in [4.69, 9.17) is 10.5 Å². The molecule has 3 unspecified atom stereocenters. The molecule has 0 aliphatic carbocycles. The molecule has 1 saturated heterocycles. The van der Waals surface area contributed by atoms with Crippen LogP contribution < -0.4 is 11.1 Å². The summed E-state index contributed by atoms with van der Waals surface area (Å²) < 4.78 is 5.74. The molecule has 23 heavy (non-hydrogen) atoms. The Balaban J connectivity index is 1.92. The molecule has 130 valence electrons. The molecule has 1 aliphatic rings. The second-order valence-electron chi connectivity index (χ2n) is 6.72. The number of rotatable bonds is 6. The number of amides is 1. The van der Waals surface area contributed by atoms with Gasteiger partial charge in [-0.25, -0.2) is 4.98 Å². The van der Waals surface area contributed by atoms with Gasteiger partial charge in [-0.1, -0.05) is 13.3 Å². The first-order chi connectivity index (χ1) is 10.8. The molecule has 1 aromatic heterocycles. The number of morpholine rings is 1. The Morgan fingerprint density at radius 1 is 1.52 bits per heavy atom. The number of carbonyl (C=O) groups is 1. The summed E-state index contributed by atoms with van der Waals surface area (Å²) in [4.78, 5) is 19.1. The molecule has 0 bridgehead atoms. The zero-order valence-electron chi connectivity index (χ0n) is 14.5. The predicted molar refractivity (Wildman–Crippen MR) is 93.5 cm³/mol. The first-order valence-electron chi connectivity index (χ1n) is 8.22. The Hall–Kier alpha value is -1.02. The minimum absolute atomic E-state index is 0.172. The van der Waals surface area contributed by atoms with E-state index in [9.17, 15) is 4.79 Å². The maximum Gasteiger partial charge on any atom is 0.245 e. The van der Waals surface area contributed by atoms with Crippen molar-refractivity contribution in [2.75, 3.05) is 18.4 Å². The van der Waals surface area contributed by atoms with Gasteiger partial charge in [-0.2, -0.15) is 0 Å².